The molecule has 0 aliphatic rings. The number of nitrogens with zero attached hydrogens (tertiary/aromatic N) is 1. The zero-order valence-electron chi connectivity index (χ0n) is 20.0. The molecule has 2 N–H and O–H groups in total. The fraction of sp³-hybridized carbons (Fsp3) is 0.571. The average molecular weight is 439 g/mol. The summed E-state index contributed by atoms with van der Waals surface area (Å²) in [6.45, 7) is 3.05. The molecule has 1 heterocycles. The highest BCUT2D eigenvalue weighted by molar-refractivity contribution is 5.76. The lowest BCUT2D eigenvalue weighted by Gasteiger charge is -2.09. The monoisotopic (exact) mass is 438 g/mol. The summed E-state index contributed by atoms with van der Waals surface area (Å²) in [5.41, 5.74) is 8.30. The molecule has 0 unspecified atom stereocenters. The van der Waals surface area contributed by atoms with Crippen molar-refractivity contribution in [3.8, 4) is 5.75 Å². The Morgan fingerprint density at radius 3 is 2.03 bits per heavy atom. The van der Waals surface area contributed by atoms with Crippen molar-refractivity contribution in [3.63, 3.8) is 0 Å². The number of amides is 1. The highest BCUT2D eigenvalue weighted by Crippen LogP contribution is 2.18. The molecule has 0 radical (unpaired) electrons. The summed E-state index contributed by atoms with van der Waals surface area (Å²) < 4.78 is 5.91. The third-order valence-corrected chi connectivity index (χ3v) is 5.91. The summed E-state index contributed by atoms with van der Waals surface area (Å²) in [5.74, 6) is 0.562. The van der Waals surface area contributed by atoms with Gasteiger partial charge in [-0.3, -0.25) is 9.78 Å². The van der Waals surface area contributed by atoms with Crippen LogP contribution in [0.1, 0.15) is 101 Å². The molecule has 0 spiro atoms. The van der Waals surface area contributed by atoms with Crippen LogP contribution in [0.4, 0.5) is 0 Å². The van der Waals surface area contributed by atoms with E-state index in [4.69, 9.17) is 10.5 Å². The Balaban J connectivity index is 1.55. The molecule has 0 atom stereocenters. The minimum Gasteiger partial charge on any atom is -0.494 e. The summed E-state index contributed by atoms with van der Waals surface area (Å²) in [7, 11) is 0. The molecule has 0 fully saturated rings. The van der Waals surface area contributed by atoms with Crippen molar-refractivity contribution in [3.05, 3.63) is 59.4 Å². The van der Waals surface area contributed by atoms with Gasteiger partial charge in [-0.25, -0.2) is 0 Å². The third kappa shape index (κ3) is 11.3. The van der Waals surface area contributed by atoms with Crippen LogP contribution in [0.5, 0.6) is 5.75 Å². The van der Waals surface area contributed by atoms with E-state index in [0.29, 0.717) is 0 Å². The van der Waals surface area contributed by atoms with Crippen molar-refractivity contribution in [1.82, 2.24) is 4.98 Å². The maximum atomic E-state index is 11.2. The molecule has 4 nitrogen and oxygen atoms in total. The van der Waals surface area contributed by atoms with Gasteiger partial charge in [-0.05, 0) is 42.2 Å². The van der Waals surface area contributed by atoms with Crippen molar-refractivity contribution < 1.29 is 9.53 Å². The van der Waals surface area contributed by atoms with Gasteiger partial charge >= 0.3 is 0 Å². The van der Waals surface area contributed by atoms with E-state index >= 15 is 0 Å². The minimum absolute atomic E-state index is 0.177. The number of carbonyl (C=O) groups excluding carboxylic acids is 1. The predicted molar refractivity (Wildman–Crippen MR) is 133 cm³/mol. The van der Waals surface area contributed by atoms with Crippen LogP contribution in [-0.2, 0) is 17.6 Å². The molecule has 0 aliphatic heterocycles. The SMILES string of the molecule is CCCCCCCCCCCCCCOc1ccc(Cc2cccnc2CC(N)=O)cc1. The lowest BCUT2D eigenvalue weighted by atomic mass is 10.0. The van der Waals surface area contributed by atoms with E-state index in [-0.39, 0.29) is 12.3 Å². The first-order valence-corrected chi connectivity index (χ1v) is 12.6. The maximum Gasteiger partial charge on any atom is 0.223 e. The average Bonchev–Trinajstić information content (AvgIpc) is 2.79. The van der Waals surface area contributed by atoms with Crippen molar-refractivity contribution in [2.45, 2.75) is 96.8 Å². The maximum absolute atomic E-state index is 11.2. The molecule has 1 aromatic heterocycles. The molecule has 2 aromatic rings. The molecule has 2 rings (SSSR count). The number of aromatic nitrogens is 1. The Kier molecular flexibility index (Phi) is 13.2. The fourth-order valence-electron chi connectivity index (χ4n) is 4.01. The Labute approximate surface area is 195 Å². The number of unbranched alkanes of at least 4 members (excludes halogenated alkanes) is 11. The van der Waals surface area contributed by atoms with Crippen LogP contribution in [0.25, 0.3) is 0 Å². The van der Waals surface area contributed by atoms with E-state index < -0.39 is 0 Å². The fourth-order valence-corrected chi connectivity index (χ4v) is 4.01. The summed E-state index contributed by atoms with van der Waals surface area (Å²) in [4.78, 5) is 15.6. The standard InChI is InChI=1S/C28H42N2O2/c1-2-3-4-5-6-7-8-9-10-11-12-13-21-32-26-18-16-24(17-19-26)22-25-15-14-20-30-27(25)23-28(29)31/h14-20H,2-13,21-23H2,1H3,(H2,29,31). The molecule has 32 heavy (non-hydrogen) atoms. The van der Waals surface area contributed by atoms with Gasteiger partial charge in [-0.1, -0.05) is 95.8 Å². The van der Waals surface area contributed by atoms with Crippen LogP contribution in [-0.4, -0.2) is 17.5 Å². The summed E-state index contributed by atoms with van der Waals surface area (Å²) in [6, 6.07) is 12.1. The molecule has 0 aliphatic carbocycles. The molecular weight excluding hydrogens is 396 g/mol. The van der Waals surface area contributed by atoms with Gasteiger partial charge in [0.2, 0.25) is 5.91 Å². The lowest BCUT2D eigenvalue weighted by Crippen LogP contribution is -2.16. The van der Waals surface area contributed by atoms with Crippen LogP contribution in [0.15, 0.2) is 42.6 Å². The van der Waals surface area contributed by atoms with Gasteiger partial charge in [0.1, 0.15) is 5.75 Å². The van der Waals surface area contributed by atoms with Crippen molar-refractivity contribution in [2.75, 3.05) is 6.61 Å². The zero-order valence-corrected chi connectivity index (χ0v) is 20.0. The summed E-state index contributed by atoms with van der Waals surface area (Å²) in [5, 5.41) is 0. The Morgan fingerprint density at radius 2 is 1.44 bits per heavy atom. The van der Waals surface area contributed by atoms with Gasteiger partial charge in [0, 0.05) is 6.20 Å². The van der Waals surface area contributed by atoms with E-state index in [1.54, 1.807) is 6.20 Å². The zero-order chi connectivity index (χ0) is 22.9. The molecule has 0 saturated carbocycles. The highest BCUT2D eigenvalue weighted by atomic mass is 16.5. The Hall–Kier alpha value is -2.36. The van der Waals surface area contributed by atoms with Crippen LogP contribution < -0.4 is 10.5 Å². The van der Waals surface area contributed by atoms with E-state index in [0.717, 1.165) is 36.5 Å². The van der Waals surface area contributed by atoms with E-state index in [1.165, 1.54) is 76.2 Å². The second-order valence-corrected chi connectivity index (χ2v) is 8.81. The van der Waals surface area contributed by atoms with Gasteiger partial charge in [-0.15, -0.1) is 0 Å². The van der Waals surface area contributed by atoms with Crippen molar-refractivity contribution in [1.29, 1.82) is 0 Å². The number of ether oxygens (including phenoxy) is 1. The largest absolute Gasteiger partial charge is 0.494 e. The smallest absolute Gasteiger partial charge is 0.223 e. The number of primary amides is 1. The molecule has 4 heteroatoms. The second kappa shape index (κ2) is 16.3. The topological polar surface area (TPSA) is 65.2 Å². The van der Waals surface area contributed by atoms with Crippen molar-refractivity contribution >= 4 is 5.91 Å². The molecule has 0 bridgehead atoms. The summed E-state index contributed by atoms with van der Waals surface area (Å²) >= 11 is 0. The van der Waals surface area contributed by atoms with E-state index in [1.807, 2.05) is 24.3 Å². The van der Waals surface area contributed by atoms with Gasteiger partial charge in [0.25, 0.3) is 0 Å². The van der Waals surface area contributed by atoms with Crippen LogP contribution in [0, 0.1) is 0 Å². The van der Waals surface area contributed by atoms with E-state index in [9.17, 15) is 4.79 Å². The Bertz CT molecular complexity index is 758. The van der Waals surface area contributed by atoms with Crippen LogP contribution >= 0.6 is 0 Å². The van der Waals surface area contributed by atoms with E-state index in [2.05, 4.69) is 24.0 Å². The molecular formula is C28H42N2O2. The van der Waals surface area contributed by atoms with Gasteiger partial charge in [0.15, 0.2) is 0 Å². The second-order valence-electron chi connectivity index (χ2n) is 8.81. The highest BCUT2D eigenvalue weighted by Gasteiger charge is 2.07. The number of pyridine rings is 1. The molecule has 1 amide bonds. The van der Waals surface area contributed by atoms with Gasteiger partial charge in [-0.2, -0.15) is 0 Å². The first kappa shape index (κ1) is 25.9. The number of benzene rings is 1. The Morgan fingerprint density at radius 1 is 0.844 bits per heavy atom. The van der Waals surface area contributed by atoms with Gasteiger partial charge in [0.05, 0.1) is 18.7 Å². The normalized spacial score (nSPS) is 10.9. The minimum atomic E-state index is -0.355. The van der Waals surface area contributed by atoms with Crippen LogP contribution in [0.3, 0.4) is 0 Å². The predicted octanol–water partition coefficient (Wildman–Crippen LogP) is 6.78. The quantitative estimate of drug-likeness (QED) is 0.261. The van der Waals surface area contributed by atoms with Gasteiger partial charge < -0.3 is 10.5 Å². The molecule has 0 saturated heterocycles. The van der Waals surface area contributed by atoms with Crippen LogP contribution in [0.2, 0.25) is 0 Å². The lowest BCUT2D eigenvalue weighted by molar-refractivity contribution is -0.117. The number of hydrogen-bond acceptors (Lipinski definition) is 3. The first-order chi connectivity index (χ1) is 15.7. The number of rotatable bonds is 18. The number of nitrogens with two attached hydrogens (primary N) is 1. The first-order valence-electron chi connectivity index (χ1n) is 12.6. The molecule has 1 aromatic carbocycles. The molecule has 176 valence electrons. The number of hydrogen-bond donors (Lipinski definition) is 1. The third-order valence-electron chi connectivity index (χ3n) is 5.91. The van der Waals surface area contributed by atoms with Crippen molar-refractivity contribution in [2.24, 2.45) is 5.73 Å². The number of carbonyl (C=O) groups is 1. The summed E-state index contributed by atoms with van der Waals surface area (Å²) in [6.07, 6.45) is 18.8.